The normalized spacial score (nSPS) is 13.5. The van der Waals surface area contributed by atoms with Crippen molar-refractivity contribution in [2.24, 2.45) is 5.84 Å². The van der Waals surface area contributed by atoms with Crippen molar-refractivity contribution >= 4 is 0 Å². The molecular weight excluding hydrogens is 236 g/mol. The van der Waals surface area contributed by atoms with E-state index < -0.39 is 23.6 Å². The van der Waals surface area contributed by atoms with E-state index in [1.807, 2.05) is 0 Å². The molecule has 6 heteroatoms. The van der Waals surface area contributed by atoms with Crippen molar-refractivity contribution < 1.29 is 17.6 Å². The van der Waals surface area contributed by atoms with Gasteiger partial charge in [0.1, 0.15) is 5.82 Å². The van der Waals surface area contributed by atoms with Gasteiger partial charge >= 0.3 is 6.18 Å². The summed E-state index contributed by atoms with van der Waals surface area (Å²) in [5, 5.41) is 0. The average Bonchev–Trinajstić information content (AvgIpc) is 2.19. The number of nitrogens with two attached hydrogens (primary N) is 1. The number of hydrogen-bond donors (Lipinski definition) is 2. The van der Waals surface area contributed by atoms with Crippen LogP contribution in [0.2, 0.25) is 0 Å². The summed E-state index contributed by atoms with van der Waals surface area (Å²) in [6, 6.07) is 2.21. The van der Waals surface area contributed by atoms with Crippen LogP contribution in [0.1, 0.15) is 24.1 Å². The lowest BCUT2D eigenvalue weighted by Crippen LogP contribution is -2.29. The minimum atomic E-state index is -4.73. The average molecular weight is 248 g/mol. The molecule has 1 unspecified atom stereocenters. The number of hydrazine groups is 1. The van der Waals surface area contributed by atoms with Crippen LogP contribution in [0.15, 0.2) is 30.4 Å². The smallest absolute Gasteiger partial charge is 0.271 e. The van der Waals surface area contributed by atoms with E-state index in [9.17, 15) is 17.6 Å². The molecule has 1 rings (SSSR count). The molecule has 0 saturated heterocycles. The third kappa shape index (κ3) is 2.83. The fourth-order valence-corrected chi connectivity index (χ4v) is 1.49. The second kappa shape index (κ2) is 4.85. The van der Waals surface area contributed by atoms with Crippen LogP contribution in [0.4, 0.5) is 17.6 Å². The lowest BCUT2D eigenvalue weighted by molar-refractivity contribution is -0.140. The van der Waals surface area contributed by atoms with Crippen LogP contribution in [-0.2, 0) is 6.18 Å². The highest BCUT2D eigenvalue weighted by atomic mass is 19.4. The molecule has 0 radical (unpaired) electrons. The minimum Gasteiger partial charge on any atom is -0.271 e. The van der Waals surface area contributed by atoms with Crippen LogP contribution < -0.4 is 11.3 Å². The van der Waals surface area contributed by atoms with Gasteiger partial charge in [0.15, 0.2) is 0 Å². The topological polar surface area (TPSA) is 38.0 Å². The number of benzene rings is 1. The van der Waals surface area contributed by atoms with Crippen molar-refractivity contribution in [3.05, 3.63) is 47.3 Å². The third-order valence-electron chi connectivity index (χ3n) is 2.30. The summed E-state index contributed by atoms with van der Waals surface area (Å²) in [5.41, 5.74) is 1.17. The molecule has 0 amide bonds. The zero-order valence-corrected chi connectivity index (χ0v) is 9.11. The van der Waals surface area contributed by atoms with Gasteiger partial charge in [-0.1, -0.05) is 24.3 Å². The van der Waals surface area contributed by atoms with Crippen LogP contribution >= 0.6 is 0 Å². The van der Waals surface area contributed by atoms with E-state index in [1.54, 1.807) is 6.92 Å². The van der Waals surface area contributed by atoms with Crippen molar-refractivity contribution in [2.45, 2.75) is 19.1 Å². The van der Waals surface area contributed by atoms with Crippen LogP contribution in [0.3, 0.4) is 0 Å². The van der Waals surface area contributed by atoms with E-state index in [0.29, 0.717) is 11.6 Å². The Hall–Kier alpha value is -1.40. The molecule has 1 aromatic rings. The fourth-order valence-electron chi connectivity index (χ4n) is 1.49. The number of halogens is 4. The number of hydrogen-bond acceptors (Lipinski definition) is 2. The summed E-state index contributed by atoms with van der Waals surface area (Å²) >= 11 is 0. The monoisotopic (exact) mass is 248 g/mol. The Morgan fingerprint density at radius 3 is 2.41 bits per heavy atom. The molecule has 0 aliphatic heterocycles. The summed E-state index contributed by atoms with van der Waals surface area (Å²) in [5.74, 6) is 3.85. The Morgan fingerprint density at radius 1 is 1.41 bits per heavy atom. The molecule has 0 heterocycles. The molecule has 17 heavy (non-hydrogen) atoms. The second-order valence-electron chi connectivity index (χ2n) is 3.65. The van der Waals surface area contributed by atoms with E-state index >= 15 is 0 Å². The van der Waals surface area contributed by atoms with E-state index in [4.69, 9.17) is 5.84 Å². The number of nitrogens with one attached hydrogen (secondary N) is 1. The van der Waals surface area contributed by atoms with Crippen molar-refractivity contribution in [1.82, 2.24) is 5.43 Å². The Morgan fingerprint density at radius 2 is 2.00 bits per heavy atom. The molecule has 0 aliphatic carbocycles. The van der Waals surface area contributed by atoms with Crippen molar-refractivity contribution in [3.8, 4) is 0 Å². The third-order valence-corrected chi connectivity index (χ3v) is 2.30. The molecular formula is C11H12F4N2. The van der Waals surface area contributed by atoms with Crippen LogP contribution in [0, 0.1) is 5.82 Å². The maximum Gasteiger partial charge on any atom is 0.419 e. The Bertz CT molecular complexity index is 426. The minimum absolute atomic E-state index is 0.171. The fraction of sp³-hybridized carbons (Fsp3) is 0.273. The number of rotatable bonds is 3. The molecule has 1 atom stereocenters. The maximum absolute atomic E-state index is 13.7. The van der Waals surface area contributed by atoms with E-state index in [1.165, 1.54) is 6.07 Å². The van der Waals surface area contributed by atoms with Gasteiger partial charge in [-0.3, -0.25) is 5.84 Å². The predicted molar refractivity (Wildman–Crippen MR) is 56.3 cm³/mol. The van der Waals surface area contributed by atoms with Gasteiger partial charge in [-0.2, -0.15) is 13.2 Å². The first-order valence-electron chi connectivity index (χ1n) is 4.76. The molecule has 1 aromatic carbocycles. The molecule has 0 aromatic heterocycles. The van der Waals surface area contributed by atoms with E-state index in [-0.39, 0.29) is 5.56 Å². The quantitative estimate of drug-likeness (QED) is 0.373. The summed E-state index contributed by atoms with van der Waals surface area (Å²) < 4.78 is 51.2. The highest BCUT2D eigenvalue weighted by Gasteiger charge is 2.35. The van der Waals surface area contributed by atoms with Crippen molar-refractivity contribution in [2.75, 3.05) is 0 Å². The molecule has 0 fully saturated rings. The van der Waals surface area contributed by atoms with E-state index in [2.05, 4.69) is 12.0 Å². The van der Waals surface area contributed by atoms with Crippen molar-refractivity contribution in [1.29, 1.82) is 0 Å². The molecule has 0 bridgehead atoms. The highest BCUT2D eigenvalue weighted by Crippen LogP contribution is 2.34. The lowest BCUT2D eigenvalue weighted by atomic mass is 9.98. The van der Waals surface area contributed by atoms with Gasteiger partial charge < -0.3 is 0 Å². The zero-order valence-electron chi connectivity index (χ0n) is 9.11. The van der Waals surface area contributed by atoms with E-state index in [0.717, 1.165) is 6.07 Å². The Kier molecular flexibility index (Phi) is 3.90. The standard InChI is InChI=1S/C11H12F4N2/c1-6(2)10(17-16)7-4-3-5-8(9(7)12)11(13,14)15/h3-5,10,17H,1,16H2,2H3. The SMILES string of the molecule is C=C(C)C(NN)c1cccc(C(F)(F)F)c1F. The predicted octanol–water partition coefficient (Wildman–Crippen LogP) is 2.93. The van der Waals surface area contributed by atoms with Crippen LogP contribution in [0.5, 0.6) is 0 Å². The zero-order chi connectivity index (χ0) is 13.2. The van der Waals surface area contributed by atoms with Crippen LogP contribution in [-0.4, -0.2) is 0 Å². The number of alkyl halides is 3. The second-order valence-corrected chi connectivity index (χ2v) is 3.65. The first-order valence-corrected chi connectivity index (χ1v) is 4.76. The highest BCUT2D eigenvalue weighted by molar-refractivity contribution is 5.33. The largest absolute Gasteiger partial charge is 0.419 e. The molecule has 94 valence electrons. The first-order chi connectivity index (χ1) is 7.79. The van der Waals surface area contributed by atoms with Gasteiger partial charge in [0, 0.05) is 5.56 Å². The van der Waals surface area contributed by atoms with Gasteiger partial charge in [-0.25, -0.2) is 9.82 Å². The van der Waals surface area contributed by atoms with Gasteiger partial charge in [0.25, 0.3) is 0 Å². The molecule has 0 aliphatic rings. The maximum atomic E-state index is 13.7. The van der Waals surface area contributed by atoms with Gasteiger partial charge in [-0.15, -0.1) is 0 Å². The first kappa shape index (κ1) is 13.7. The molecule has 2 nitrogen and oxygen atoms in total. The molecule has 0 saturated carbocycles. The molecule has 3 N–H and O–H groups in total. The summed E-state index contributed by atoms with van der Waals surface area (Å²) in [6.45, 7) is 5.09. The lowest BCUT2D eigenvalue weighted by Gasteiger charge is -2.19. The summed E-state index contributed by atoms with van der Waals surface area (Å²) in [4.78, 5) is 0. The summed E-state index contributed by atoms with van der Waals surface area (Å²) in [7, 11) is 0. The van der Waals surface area contributed by atoms with Gasteiger partial charge in [-0.05, 0) is 13.0 Å². The van der Waals surface area contributed by atoms with Gasteiger partial charge in [0.2, 0.25) is 0 Å². The van der Waals surface area contributed by atoms with Gasteiger partial charge in [0.05, 0.1) is 11.6 Å². The van der Waals surface area contributed by atoms with Crippen LogP contribution in [0.25, 0.3) is 0 Å². The Labute approximate surface area is 96.1 Å². The Balaban J connectivity index is 3.32. The van der Waals surface area contributed by atoms with Crippen molar-refractivity contribution in [3.63, 3.8) is 0 Å². The summed E-state index contributed by atoms with van der Waals surface area (Å²) in [6.07, 6.45) is -4.73. The molecule has 0 spiro atoms.